The number of amides is 8. The van der Waals surface area contributed by atoms with Crippen LogP contribution in [0.5, 0.6) is 46.0 Å². The van der Waals surface area contributed by atoms with Crippen molar-refractivity contribution in [2.24, 2.45) is 11.7 Å². The molecule has 22 N–H and O–H groups in total. The molecule has 11 bridgehead atoms. The number of phenolic OH excluding ortho intramolecular Hbond substituents is 3. The lowest BCUT2D eigenvalue weighted by Gasteiger charge is -2.49. The Kier molecular flexibility index (Phi) is 26.4. The summed E-state index contributed by atoms with van der Waals surface area (Å²) in [5.74, 6) is -19.3. The lowest BCUT2D eigenvalue weighted by molar-refractivity contribution is -0.332. The van der Waals surface area contributed by atoms with Crippen molar-refractivity contribution in [1.82, 2.24) is 47.6 Å². The van der Waals surface area contributed by atoms with Gasteiger partial charge in [-0.25, -0.2) is 9.59 Å². The number of benzene rings is 5. The monoisotopic (exact) mass is 1610 g/mol. The van der Waals surface area contributed by atoms with Gasteiger partial charge in [0.2, 0.25) is 59.3 Å². The number of carbonyl (C=O) groups is 10. The number of rotatable bonds is 19. The van der Waals surface area contributed by atoms with E-state index < -0.39 is 285 Å². The molecule has 5 aromatic carbocycles. The van der Waals surface area contributed by atoms with Gasteiger partial charge in [-0.3, -0.25) is 43.2 Å². The first-order chi connectivity index (χ1) is 52.9. The topological polar surface area (TPSA) is 604 Å². The van der Waals surface area contributed by atoms with Crippen LogP contribution >= 0.6 is 23.2 Å². The molecule has 5 aromatic rings. The second kappa shape index (κ2) is 35.1. The van der Waals surface area contributed by atoms with E-state index in [1.807, 2.05) is 0 Å². The number of primary amides is 1. The number of hydrogen-bond donors (Lipinski definition) is 21. The van der Waals surface area contributed by atoms with Crippen LogP contribution < -0.4 is 62.5 Å². The number of aliphatic carboxylic acids is 2. The van der Waals surface area contributed by atoms with E-state index in [1.54, 1.807) is 13.8 Å². The van der Waals surface area contributed by atoms with Gasteiger partial charge in [0.15, 0.2) is 29.9 Å². The van der Waals surface area contributed by atoms with E-state index in [-0.39, 0.29) is 23.5 Å². The largest absolute Gasteiger partial charge is 0.508 e. The summed E-state index contributed by atoms with van der Waals surface area (Å²) in [4.78, 5) is 148. The van der Waals surface area contributed by atoms with Crippen molar-refractivity contribution in [3.63, 3.8) is 0 Å². The number of likely N-dealkylation sites (N-methyl/N-ethyl adjacent to an activating group) is 1. The van der Waals surface area contributed by atoms with Crippen LogP contribution in [0.15, 0.2) is 78.9 Å². The number of carboxylic acids is 2. The highest BCUT2D eigenvalue weighted by Gasteiger charge is 2.53. The third kappa shape index (κ3) is 18.2. The quantitative estimate of drug-likeness (QED) is 0.0405. The first-order valence-electron chi connectivity index (χ1n) is 34.6. The van der Waals surface area contributed by atoms with E-state index in [9.17, 15) is 94.8 Å². The normalized spacial score (nSPS) is 28.0. The van der Waals surface area contributed by atoms with Gasteiger partial charge >= 0.3 is 11.9 Å². The van der Waals surface area contributed by atoms with Crippen LogP contribution in [0.4, 0.5) is 0 Å². The van der Waals surface area contributed by atoms with Crippen molar-refractivity contribution in [3.8, 4) is 57.1 Å². The number of carboxylic acid groups (broad SMARTS) is 2. The van der Waals surface area contributed by atoms with Gasteiger partial charge in [0.05, 0.1) is 48.8 Å². The third-order valence-electron chi connectivity index (χ3n) is 19.0. The number of aliphatic hydroxyl groups excluding tert-OH is 7. The Labute approximate surface area is 645 Å². The Morgan fingerprint density at radius 1 is 0.652 bits per heavy atom. The molecule has 2 saturated heterocycles. The van der Waals surface area contributed by atoms with Crippen LogP contribution in [0.25, 0.3) is 11.1 Å². The second-order valence-electron chi connectivity index (χ2n) is 27.3. The van der Waals surface area contributed by atoms with Crippen LogP contribution in [0.2, 0.25) is 10.0 Å². The summed E-state index contributed by atoms with van der Waals surface area (Å²) in [7, 11) is 2.50. The van der Waals surface area contributed by atoms with E-state index in [0.29, 0.717) is 0 Å². The number of carbonyl (C=O) groups excluding carboxylic acids is 8. The van der Waals surface area contributed by atoms with Crippen LogP contribution in [0.1, 0.15) is 98.7 Å². The highest BCUT2D eigenvalue weighted by molar-refractivity contribution is 6.32. The van der Waals surface area contributed by atoms with Crippen molar-refractivity contribution >= 4 is 82.4 Å². The molecule has 0 aliphatic carbocycles. The van der Waals surface area contributed by atoms with E-state index in [1.165, 1.54) is 13.1 Å². The highest BCUT2D eigenvalue weighted by atomic mass is 35.5. The van der Waals surface area contributed by atoms with Crippen LogP contribution in [-0.2, 0) is 67.0 Å². The number of hydroxylamine groups is 2. The Morgan fingerprint density at radius 2 is 1.26 bits per heavy atom. The molecule has 604 valence electrons. The third-order valence-corrected chi connectivity index (χ3v) is 19.6. The number of ether oxygens (including phenoxy) is 6. The summed E-state index contributed by atoms with van der Waals surface area (Å²) >= 11 is 14.1. The number of phenols is 3. The predicted molar refractivity (Wildman–Crippen MR) is 381 cm³/mol. The number of nitrogens with zero attached hydrogens (tertiary/aromatic N) is 1. The molecule has 0 radical (unpaired) electrons. The predicted octanol–water partition coefficient (Wildman–Crippen LogP) is -1.82. The van der Waals surface area contributed by atoms with Crippen LogP contribution in [-0.4, -0.2) is 244 Å². The molecular weight excluding hydrogens is 1530 g/mol. The zero-order chi connectivity index (χ0) is 81.9. The summed E-state index contributed by atoms with van der Waals surface area (Å²) in [5, 5.41) is 156. The first kappa shape index (κ1) is 84.1. The van der Waals surface area contributed by atoms with Crippen LogP contribution in [0, 0.1) is 5.92 Å². The van der Waals surface area contributed by atoms with Crippen molar-refractivity contribution in [1.29, 1.82) is 0 Å². The minimum absolute atomic E-state index is 0.131. The molecule has 0 aromatic heterocycles. The number of halogens is 2. The van der Waals surface area contributed by atoms with Gasteiger partial charge in [-0.1, -0.05) is 55.2 Å². The number of aliphatic hydroxyl groups is 7. The van der Waals surface area contributed by atoms with Gasteiger partial charge in [0, 0.05) is 29.7 Å². The minimum atomic E-state index is -2.42. The molecular formula is C71H82Cl2N10O29. The molecule has 0 saturated carbocycles. The zero-order valence-corrected chi connectivity index (χ0v) is 61.6. The number of aromatic hydroxyl groups is 3. The van der Waals surface area contributed by atoms with Crippen molar-refractivity contribution in [3.05, 3.63) is 117 Å². The molecule has 112 heavy (non-hydrogen) atoms. The lowest BCUT2D eigenvalue weighted by atomic mass is 9.89. The number of nitrogens with one attached hydrogen (secondary N) is 8. The van der Waals surface area contributed by atoms with E-state index in [4.69, 9.17) is 62.2 Å². The van der Waals surface area contributed by atoms with Crippen LogP contribution in [0.3, 0.4) is 0 Å². The lowest BCUT2D eigenvalue weighted by Crippen LogP contribution is -2.70. The van der Waals surface area contributed by atoms with E-state index >= 15 is 14.4 Å². The molecule has 39 nitrogen and oxygen atoms in total. The Bertz CT molecular complexity index is 4470. The molecule has 7 aliphatic rings. The highest BCUT2D eigenvalue weighted by Crippen LogP contribution is 2.50. The molecule has 7 aliphatic heterocycles. The standard InChI is InChI=1S/C71H82Cl2N10O29/c1-24(2)13-36(75-5)62(96)81-51-54(90)28-8-11-40(34(72)15-28)108-42-17-30-18-43(60(42)112-71-59(95)58(94)56(92)44(111-71)22-83(106-6)68-53(76-26(4)85)61(107-25(3)69(102)103)57(93)45(23-84)110-68)109-41-12-9-29(16-35(41)73)55(91)52-67(101)80-50(70(104)105)33-19-31(86)20-39(88)47(33)32-14-27(7-10-38(32)87)48(64(98)82-52)79-65(99)49(30)78-63(97)37(21-46(74)89)77-66(51)100/h7-12,14-20,24-25,36-37,44-45,48-59,61,68,71,75,84,86-88,90-95H,13,21-23H2,1-6H3,(H2,74,89)(H,76,85)(H,77,100)(H,78,97)(H,79,99)(H,80,101)(H,81,96)(H,82,98)(H,102,103)(H,104,105)/t25?,36-,37+,44-,45-,48-,49-,50+,51-,52+,53-,54-,55-,56-,57-,58+,59-,61-,68-,71+/m1/s1. The first-order valence-corrected chi connectivity index (χ1v) is 35.3. The second-order valence-corrected chi connectivity index (χ2v) is 28.1. The summed E-state index contributed by atoms with van der Waals surface area (Å²) in [6.07, 6.45) is -24.9. The fourth-order valence-corrected chi connectivity index (χ4v) is 13.8. The number of nitrogens with two attached hydrogens (primary N) is 1. The van der Waals surface area contributed by atoms with Gasteiger partial charge in [-0.2, -0.15) is 5.06 Å². The SMILES string of the molecule is CN[C@H](CC(C)C)C(=O)N[C@H]1C(=O)N[C@@H](CC(N)=O)C(=O)N[C@H]2C(=O)N[C@H]3C(=O)N[C@H](C(=O)N[C@H](C(=O)O)c4cc(O)cc(O)c4-c4cc3ccc4O)[C@H](O)c3ccc(c(Cl)c3)Oc3cc2cc(c3O[C@@H]2O[C@H](CN(OC)[C@@H]3O[C@H](CO)[C@@H](O)[C@H](OC(C)C(=O)O)[C@H]3NC(C)=O)[C@@H](O)[C@H](O)[C@H]2O)Oc2ccc(cc2Cl)[C@H]1O. The van der Waals surface area contributed by atoms with Crippen molar-refractivity contribution < 1.29 is 142 Å². The molecule has 8 amide bonds. The van der Waals surface area contributed by atoms with Gasteiger partial charge in [0.1, 0.15) is 114 Å². The maximum Gasteiger partial charge on any atom is 0.332 e. The summed E-state index contributed by atoms with van der Waals surface area (Å²) in [6, 6.07) is -3.27. The Hall–Kier alpha value is -10.3. The van der Waals surface area contributed by atoms with Gasteiger partial charge in [-0.05, 0) is 103 Å². The molecule has 20 atom stereocenters. The number of fused-ring (bicyclic) bond motifs is 15. The minimum Gasteiger partial charge on any atom is -0.508 e. The summed E-state index contributed by atoms with van der Waals surface area (Å²) in [5.41, 5.74) is 2.57. The molecule has 0 spiro atoms. The Balaban J connectivity index is 1.20. The molecule has 7 heterocycles. The molecule has 2 fully saturated rings. The average Bonchev–Trinajstić information content (AvgIpc) is 0.769. The van der Waals surface area contributed by atoms with E-state index in [2.05, 4.69) is 42.5 Å². The fraction of sp³-hybridized carbons (Fsp3) is 0.437. The zero-order valence-electron chi connectivity index (χ0n) is 60.0. The average molecular weight is 1610 g/mol. The van der Waals surface area contributed by atoms with Gasteiger partial charge < -0.3 is 138 Å². The molecule has 1 unspecified atom stereocenters. The van der Waals surface area contributed by atoms with Gasteiger partial charge in [-0.15, -0.1) is 0 Å². The smallest absolute Gasteiger partial charge is 0.332 e. The Morgan fingerprint density at radius 3 is 1.83 bits per heavy atom. The number of hydrogen-bond acceptors (Lipinski definition) is 29. The van der Waals surface area contributed by atoms with Crippen molar-refractivity contribution in [2.45, 2.75) is 162 Å². The fourth-order valence-electron chi connectivity index (χ4n) is 13.4. The molecule has 41 heteroatoms. The summed E-state index contributed by atoms with van der Waals surface area (Å²) in [6.45, 7) is 4.00. The summed E-state index contributed by atoms with van der Waals surface area (Å²) < 4.78 is 37.7. The van der Waals surface area contributed by atoms with Crippen molar-refractivity contribution in [2.75, 3.05) is 27.3 Å². The maximum atomic E-state index is 16.1. The maximum absolute atomic E-state index is 16.1. The van der Waals surface area contributed by atoms with E-state index in [0.717, 1.165) is 98.8 Å². The molecule has 12 rings (SSSR count). The van der Waals surface area contributed by atoms with Gasteiger partial charge in [0.25, 0.3) is 0 Å².